The van der Waals surface area contributed by atoms with Crippen LogP contribution in [0.15, 0.2) is 34.3 Å². The molecule has 3 aromatic heterocycles. The third-order valence-corrected chi connectivity index (χ3v) is 4.65. The molecule has 0 saturated heterocycles. The molecule has 1 amide bonds. The molecule has 4 aromatic rings. The Bertz CT molecular complexity index is 1170. The van der Waals surface area contributed by atoms with E-state index in [2.05, 4.69) is 25.7 Å². The molecule has 0 spiro atoms. The first-order chi connectivity index (χ1) is 13.2. The number of carbonyl (C=O) groups excluding carboxylic acids is 1. The van der Waals surface area contributed by atoms with Gasteiger partial charge in [0.2, 0.25) is 11.9 Å². The predicted octanol–water partition coefficient (Wildman–Crippen LogP) is 3.03. The number of aryl methyl sites for hydroxylation is 1. The van der Waals surface area contributed by atoms with Gasteiger partial charge in [0.1, 0.15) is 11.2 Å². The number of ether oxygens (including phenoxy) is 2. The molecule has 4 heterocycles. The smallest absolute Gasteiger partial charge is 0.259 e. The summed E-state index contributed by atoms with van der Waals surface area (Å²) < 4.78 is 16.2. The molecule has 27 heavy (non-hydrogen) atoms. The number of anilines is 1. The molecule has 1 aliphatic heterocycles. The van der Waals surface area contributed by atoms with Crippen molar-refractivity contribution in [2.24, 2.45) is 0 Å². The fourth-order valence-corrected chi connectivity index (χ4v) is 3.33. The average molecular weight is 381 g/mol. The summed E-state index contributed by atoms with van der Waals surface area (Å²) in [4.78, 5) is 17.2. The Morgan fingerprint density at radius 1 is 1.22 bits per heavy atom. The number of benzene rings is 1. The zero-order valence-electron chi connectivity index (χ0n) is 13.9. The molecule has 0 atom stereocenters. The summed E-state index contributed by atoms with van der Waals surface area (Å²) in [6.07, 6.45) is 0. The minimum atomic E-state index is -0.340. The summed E-state index contributed by atoms with van der Waals surface area (Å²) in [5.41, 5.74) is 4.08. The summed E-state index contributed by atoms with van der Waals surface area (Å²) in [7, 11) is 0. The van der Waals surface area contributed by atoms with Crippen molar-refractivity contribution in [3.8, 4) is 22.8 Å². The lowest BCUT2D eigenvalue weighted by atomic mass is 10.0. The van der Waals surface area contributed by atoms with Crippen molar-refractivity contribution in [2.75, 3.05) is 12.1 Å². The lowest BCUT2D eigenvalue weighted by Gasteiger charge is -2.05. The van der Waals surface area contributed by atoms with Crippen LogP contribution in [0.3, 0.4) is 0 Å². The van der Waals surface area contributed by atoms with Crippen LogP contribution in [0.4, 0.5) is 5.13 Å². The van der Waals surface area contributed by atoms with Gasteiger partial charge in [-0.3, -0.25) is 10.1 Å². The molecule has 9 nitrogen and oxygen atoms in total. The molecule has 1 aliphatic rings. The van der Waals surface area contributed by atoms with Crippen LogP contribution in [0.5, 0.6) is 11.5 Å². The summed E-state index contributed by atoms with van der Waals surface area (Å²) >= 11 is 1.23. The Balaban J connectivity index is 1.65. The summed E-state index contributed by atoms with van der Waals surface area (Å²) in [5.74, 6) is 0.936. The predicted molar refractivity (Wildman–Crippen MR) is 96.0 cm³/mol. The fraction of sp³-hybridized carbons (Fsp3) is 0.118. The van der Waals surface area contributed by atoms with Crippen LogP contribution >= 0.6 is 11.3 Å². The summed E-state index contributed by atoms with van der Waals surface area (Å²) in [5, 5.41) is 15.4. The van der Waals surface area contributed by atoms with E-state index in [-0.39, 0.29) is 18.4 Å². The van der Waals surface area contributed by atoms with Gasteiger partial charge in [-0.05, 0) is 31.2 Å². The van der Waals surface area contributed by atoms with Crippen LogP contribution in [0.2, 0.25) is 0 Å². The van der Waals surface area contributed by atoms with Crippen molar-refractivity contribution < 1.29 is 18.8 Å². The van der Waals surface area contributed by atoms with E-state index in [1.807, 2.05) is 6.07 Å². The number of nitrogens with zero attached hydrogens (tertiary/aromatic N) is 4. The second kappa shape index (κ2) is 6.02. The third kappa shape index (κ3) is 2.66. The molecule has 0 fully saturated rings. The molecule has 0 saturated carbocycles. The standard InChI is InChI=1S/C17H11N5O4S/c1-8-4-10(15(23)20-17-21-18-6-27-17)13-14(22-26-16(13)19-8)9-2-3-11-12(5-9)25-7-24-11/h2-6H,7H2,1H3,(H,20,21,23). The molecule has 0 unspecified atom stereocenters. The molecule has 134 valence electrons. The lowest BCUT2D eigenvalue weighted by molar-refractivity contribution is 0.102. The average Bonchev–Trinajstić information content (AvgIpc) is 3.40. The van der Waals surface area contributed by atoms with Crippen molar-refractivity contribution in [3.63, 3.8) is 0 Å². The number of amides is 1. The number of pyridine rings is 1. The number of hydrogen-bond donors (Lipinski definition) is 1. The number of hydrogen-bond acceptors (Lipinski definition) is 9. The second-order valence-corrected chi connectivity index (χ2v) is 6.62. The Hall–Kier alpha value is -3.53. The molecule has 5 rings (SSSR count). The summed E-state index contributed by atoms with van der Waals surface area (Å²) in [6.45, 7) is 1.96. The largest absolute Gasteiger partial charge is 0.454 e. The first-order valence-electron chi connectivity index (χ1n) is 7.93. The van der Waals surface area contributed by atoms with Crippen LogP contribution in [-0.4, -0.2) is 33.0 Å². The number of nitrogens with one attached hydrogen (secondary N) is 1. The molecule has 1 aromatic carbocycles. The van der Waals surface area contributed by atoms with Gasteiger partial charge in [-0.15, -0.1) is 10.2 Å². The number of aromatic nitrogens is 4. The van der Waals surface area contributed by atoms with Gasteiger partial charge in [0.05, 0.1) is 10.9 Å². The molecule has 0 aliphatic carbocycles. The highest BCUT2D eigenvalue weighted by molar-refractivity contribution is 7.13. The third-order valence-electron chi connectivity index (χ3n) is 4.05. The normalized spacial score (nSPS) is 12.5. The molecule has 0 bridgehead atoms. The number of rotatable bonds is 3. The topological polar surface area (TPSA) is 112 Å². The molecule has 1 N–H and O–H groups in total. The number of carbonyl (C=O) groups is 1. The van der Waals surface area contributed by atoms with Gasteiger partial charge in [0, 0.05) is 11.3 Å². The van der Waals surface area contributed by atoms with Gasteiger partial charge in [0.15, 0.2) is 11.5 Å². The van der Waals surface area contributed by atoms with Gasteiger partial charge >= 0.3 is 0 Å². The van der Waals surface area contributed by atoms with Crippen molar-refractivity contribution in [2.45, 2.75) is 6.92 Å². The minimum absolute atomic E-state index is 0.175. The zero-order valence-corrected chi connectivity index (χ0v) is 14.7. The van der Waals surface area contributed by atoms with Crippen LogP contribution in [-0.2, 0) is 0 Å². The number of fused-ring (bicyclic) bond motifs is 2. The van der Waals surface area contributed by atoms with Crippen LogP contribution in [0.25, 0.3) is 22.4 Å². The molecular weight excluding hydrogens is 370 g/mol. The van der Waals surface area contributed by atoms with E-state index in [1.165, 1.54) is 11.3 Å². The van der Waals surface area contributed by atoms with E-state index in [0.29, 0.717) is 39.0 Å². The van der Waals surface area contributed by atoms with Crippen molar-refractivity contribution in [1.29, 1.82) is 0 Å². The van der Waals surface area contributed by atoms with Gasteiger partial charge in [-0.2, -0.15) is 0 Å². The Morgan fingerprint density at radius 2 is 2.11 bits per heavy atom. The van der Waals surface area contributed by atoms with Crippen LogP contribution < -0.4 is 14.8 Å². The highest BCUT2D eigenvalue weighted by atomic mass is 32.1. The van der Waals surface area contributed by atoms with E-state index in [1.54, 1.807) is 30.6 Å². The van der Waals surface area contributed by atoms with E-state index in [4.69, 9.17) is 14.0 Å². The Morgan fingerprint density at radius 3 is 2.96 bits per heavy atom. The van der Waals surface area contributed by atoms with Crippen LogP contribution in [0, 0.1) is 6.92 Å². The Kier molecular flexibility index (Phi) is 3.50. The van der Waals surface area contributed by atoms with Gasteiger partial charge < -0.3 is 14.0 Å². The van der Waals surface area contributed by atoms with Gasteiger partial charge in [0.25, 0.3) is 11.6 Å². The van der Waals surface area contributed by atoms with E-state index in [0.717, 1.165) is 5.56 Å². The Labute approximate surface area is 155 Å². The maximum Gasteiger partial charge on any atom is 0.259 e. The van der Waals surface area contributed by atoms with Crippen molar-refractivity contribution in [1.82, 2.24) is 20.3 Å². The lowest BCUT2D eigenvalue weighted by Crippen LogP contribution is -2.13. The second-order valence-electron chi connectivity index (χ2n) is 5.79. The highest BCUT2D eigenvalue weighted by Gasteiger charge is 2.23. The van der Waals surface area contributed by atoms with Gasteiger partial charge in [-0.1, -0.05) is 16.5 Å². The highest BCUT2D eigenvalue weighted by Crippen LogP contribution is 2.38. The maximum absolute atomic E-state index is 12.8. The van der Waals surface area contributed by atoms with Crippen molar-refractivity contribution >= 4 is 33.5 Å². The first-order valence-corrected chi connectivity index (χ1v) is 8.81. The molecule has 0 radical (unpaired) electrons. The quantitative estimate of drug-likeness (QED) is 0.576. The van der Waals surface area contributed by atoms with Crippen LogP contribution in [0.1, 0.15) is 16.1 Å². The fourth-order valence-electron chi connectivity index (χ4n) is 2.89. The zero-order chi connectivity index (χ0) is 18.4. The SMILES string of the molecule is Cc1cc(C(=O)Nc2nncs2)c2c(-c3ccc4c(c3)OCO4)noc2n1. The van der Waals surface area contributed by atoms with E-state index < -0.39 is 0 Å². The molecular formula is C17H11N5O4S. The van der Waals surface area contributed by atoms with Crippen molar-refractivity contribution in [3.05, 3.63) is 41.0 Å². The molecule has 10 heteroatoms. The first kappa shape index (κ1) is 15.7. The van der Waals surface area contributed by atoms with E-state index >= 15 is 0 Å². The maximum atomic E-state index is 12.8. The van der Waals surface area contributed by atoms with Gasteiger partial charge in [-0.25, -0.2) is 4.98 Å². The monoisotopic (exact) mass is 381 g/mol. The minimum Gasteiger partial charge on any atom is -0.454 e. The van der Waals surface area contributed by atoms with E-state index in [9.17, 15) is 4.79 Å². The summed E-state index contributed by atoms with van der Waals surface area (Å²) in [6, 6.07) is 7.11.